The van der Waals surface area contributed by atoms with Crippen molar-refractivity contribution >= 4 is 0 Å². The van der Waals surface area contributed by atoms with Crippen molar-refractivity contribution in [1.29, 1.82) is 0 Å². The van der Waals surface area contributed by atoms with Gasteiger partial charge in [-0.2, -0.15) is 0 Å². The summed E-state index contributed by atoms with van der Waals surface area (Å²) in [7, 11) is 0. The lowest BCUT2D eigenvalue weighted by molar-refractivity contribution is -0.00628. The smallest absolute Gasteiger partial charge is 0.0598 e. The second-order valence-corrected chi connectivity index (χ2v) is 11.1. The van der Waals surface area contributed by atoms with Gasteiger partial charge in [-0.3, -0.25) is 0 Å². The molecule has 0 N–H and O–H groups in total. The molecule has 0 aliphatic heterocycles. The maximum absolute atomic E-state index is 6.28. The monoisotopic (exact) mass is 364 g/mol. The predicted octanol–water partition coefficient (Wildman–Crippen LogP) is 7.21. The van der Waals surface area contributed by atoms with E-state index < -0.39 is 0 Å². The highest BCUT2D eigenvalue weighted by atomic mass is 16.5. The summed E-state index contributed by atoms with van der Waals surface area (Å²) in [6.07, 6.45) is 0. The van der Waals surface area contributed by atoms with E-state index in [1.807, 2.05) is 0 Å². The lowest BCUT2D eigenvalue weighted by atomic mass is 9.83. The zero-order chi connectivity index (χ0) is 20.2. The Labute approximate surface area is 166 Å². The van der Waals surface area contributed by atoms with Crippen molar-refractivity contribution in [1.82, 2.24) is 0 Å². The van der Waals surface area contributed by atoms with E-state index in [9.17, 15) is 0 Å². The van der Waals surface area contributed by atoms with Crippen molar-refractivity contribution in [2.24, 2.45) is 0 Å². The summed E-state index contributed by atoms with van der Waals surface area (Å²) in [5.41, 5.74) is 8.55. The van der Waals surface area contributed by atoms with Crippen molar-refractivity contribution in [3.63, 3.8) is 0 Å². The summed E-state index contributed by atoms with van der Waals surface area (Å²) in [5, 5.41) is 0. The molecule has 0 fully saturated rings. The molecule has 0 radical (unpaired) electrons. The summed E-state index contributed by atoms with van der Waals surface area (Å²) in [6, 6.07) is 14.1. The van der Waals surface area contributed by atoms with E-state index in [2.05, 4.69) is 98.7 Å². The minimum Gasteiger partial charge on any atom is -0.375 e. The van der Waals surface area contributed by atoms with Crippen LogP contribution in [0.4, 0.5) is 0 Å². The maximum atomic E-state index is 6.28. The number of rotatable bonds is 2. The zero-order valence-electron chi connectivity index (χ0n) is 18.7. The second-order valence-electron chi connectivity index (χ2n) is 11.1. The van der Waals surface area contributed by atoms with Gasteiger partial charge in [0.15, 0.2) is 0 Å². The standard InChI is InChI=1S/C26H36O/c1-24(2,3)17-10-12-19-20-13-11-18(25(4,5)6)15-22(20)23(21(19)14-17)16-27-26(7,8)9/h10-15,23H,16H2,1-9H3. The summed E-state index contributed by atoms with van der Waals surface area (Å²) in [4.78, 5) is 0. The van der Waals surface area contributed by atoms with E-state index in [0.29, 0.717) is 5.92 Å². The summed E-state index contributed by atoms with van der Waals surface area (Å²) in [5.74, 6) is 0.304. The first-order chi connectivity index (χ1) is 12.3. The van der Waals surface area contributed by atoms with E-state index in [1.54, 1.807) is 0 Å². The van der Waals surface area contributed by atoms with E-state index in [-0.39, 0.29) is 16.4 Å². The first kappa shape index (κ1) is 20.1. The van der Waals surface area contributed by atoms with Gasteiger partial charge in [0.05, 0.1) is 12.2 Å². The molecule has 0 aromatic heterocycles. The molecule has 0 unspecified atom stereocenters. The summed E-state index contributed by atoms with van der Waals surface area (Å²) >= 11 is 0. The van der Waals surface area contributed by atoms with Crippen LogP contribution in [0.25, 0.3) is 11.1 Å². The Hall–Kier alpha value is -1.60. The number of hydrogen-bond donors (Lipinski definition) is 0. The molecular formula is C26H36O. The maximum Gasteiger partial charge on any atom is 0.0598 e. The average molecular weight is 365 g/mol. The van der Waals surface area contributed by atoms with Crippen LogP contribution in [-0.2, 0) is 15.6 Å². The Morgan fingerprint density at radius 2 is 1.07 bits per heavy atom. The van der Waals surface area contributed by atoms with Crippen LogP contribution < -0.4 is 0 Å². The van der Waals surface area contributed by atoms with Gasteiger partial charge in [-0.05, 0) is 65.0 Å². The normalized spacial score (nSPS) is 15.0. The van der Waals surface area contributed by atoms with Crippen LogP contribution in [0.3, 0.4) is 0 Å². The Kier molecular flexibility index (Phi) is 4.84. The van der Waals surface area contributed by atoms with Gasteiger partial charge in [0.2, 0.25) is 0 Å². The largest absolute Gasteiger partial charge is 0.375 e. The van der Waals surface area contributed by atoms with Gasteiger partial charge in [0, 0.05) is 5.92 Å². The molecule has 2 aromatic carbocycles. The van der Waals surface area contributed by atoms with Gasteiger partial charge in [-0.25, -0.2) is 0 Å². The van der Waals surface area contributed by atoms with Crippen LogP contribution in [-0.4, -0.2) is 12.2 Å². The minimum atomic E-state index is -0.133. The van der Waals surface area contributed by atoms with Gasteiger partial charge in [-0.1, -0.05) is 77.9 Å². The molecule has 0 bridgehead atoms. The fourth-order valence-corrected chi connectivity index (χ4v) is 3.81. The third-order valence-electron chi connectivity index (χ3n) is 5.56. The molecule has 0 amide bonds. The van der Waals surface area contributed by atoms with Crippen molar-refractivity contribution in [2.45, 2.75) is 84.7 Å². The molecule has 1 nitrogen and oxygen atoms in total. The Balaban J connectivity index is 2.13. The molecule has 0 saturated carbocycles. The Morgan fingerprint density at radius 1 is 0.667 bits per heavy atom. The van der Waals surface area contributed by atoms with Crippen molar-refractivity contribution < 1.29 is 4.74 Å². The van der Waals surface area contributed by atoms with Gasteiger partial charge in [-0.15, -0.1) is 0 Å². The molecule has 3 rings (SSSR count). The van der Waals surface area contributed by atoms with Crippen molar-refractivity contribution in [3.05, 3.63) is 58.7 Å². The van der Waals surface area contributed by atoms with E-state index >= 15 is 0 Å². The number of ether oxygens (including phenoxy) is 1. The van der Waals surface area contributed by atoms with Gasteiger partial charge in [0.25, 0.3) is 0 Å². The topological polar surface area (TPSA) is 9.23 Å². The van der Waals surface area contributed by atoms with Gasteiger partial charge >= 0.3 is 0 Å². The molecule has 146 valence electrons. The van der Waals surface area contributed by atoms with Crippen LogP contribution in [0.5, 0.6) is 0 Å². The second kappa shape index (κ2) is 6.48. The van der Waals surface area contributed by atoms with Crippen LogP contribution in [0.2, 0.25) is 0 Å². The molecule has 2 aromatic rings. The molecule has 1 aliphatic carbocycles. The molecule has 1 aliphatic rings. The zero-order valence-corrected chi connectivity index (χ0v) is 18.7. The van der Waals surface area contributed by atoms with Crippen LogP contribution in [0.15, 0.2) is 36.4 Å². The van der Waals surface area contributed by atoms with Gasteiger partial charge < -0.3 is 4.74 Å². The summed E-state index contributed by atoms with van der Waals surface area (Å²) in [6.45, 7) is 20.9. The number of hydrogen-bond acceptors (Lipinski definition) is 1. The van der Waals surface area contributed by atoms with Crippen LogP contribution in [0, 0.1) is 0 Å². The lowest BCUT2D eigenvalue weighted by Crippen LogP contribution is -2.23. The highest BCUT2D eigenvalue weighted by molar-refractivity contribution is 5.80. The number of benzene rings is 2. The number of fused-ring (bicyclic) bond motifs is 3. The molecule has 0 saturated heterocycles. The average Bonchev–Trinajstić information content (AvgIpc) is 2.83. The lowest BCUT2D eigenvalue weighted by Gasteiger charge is -2.26. The molecule has 27 heavy (non-hydrogen) atoms. The quantitative estimate of drug-likeness (QED) is 0.547. The highest BCUT2D eigenvalue weighted by Gasteiger charge is 2.32. The van der Waals surface area contributed by atoms with Crippen molar-refractivity contribution in [2.75, 3.05) is 6.61 Å². The Bertz CT molecular complexity index is 774. The summed E-state index contributed by atoms with van der Waals surface area (Å²) < 4.78 is 6.28. The fraction of sp³-hybridized carbons (Fsp3) is 0.538. The van der Waals surface area contributed by atoms with Crippen LogP contribution in [0.1, 0.15) is 90.5 Å². The Morgan fingerprint density at radius 3 is 1.41 bits per heavy atom. The van der Waals surface area contributed by atoms with E-state index in [1.165, 1.54) is 33.4 Å². The highest BCUT2D eigenvalue weighted by Crippen LogP contribution is 2.47. The first-order valence-corrected chi connectivity index (χ1v) is 10.2. The molecule has 0 spiro atoms. The molecular weight excluding hydrogens is 328 g/mol. The predicted molar refractivity (Wildman–Crippen MR) is 117 cm³/mol. The molecule has 0 atom stereocenters. The third kappa shape index (κ3) is 4.14. The van der Waals surface area contributed by atoms with E-state index in [0.717, 1.165) is 6.61 Å². The minimum absolute atomic E-state index is 0.133. The van der Waals surface area contributed by atoms with Gasteiger partial charge in [0.1, 0.15) is 0 Å². The van der Waals surface area contributed by atoms with Crippen molar-refractivity contribution in [3.8, 4) is 11.1 Å². The third-order valence-corrected chi connectivity index (χ3v) is 5.56. The first-order valence-electron chi connectivity index (χ1n) is 10.2. The molecule has 1 heteroatoms. The molecule has 0 heterocycles. The fourth-order valence-electron chi connectivity index (χ4n) is 3.81. The van der Waals surface area contributed by atoms with Crippen LogP contribution >= 0.6 is 0 Å². The van der Waals surface area contributed by atoms with E-state index in [4.69, 9.17) is 4.74 Å². The SMILES string of the molecule is CC(C)(C)OCC1c2cc(C(C)(C)C)ccc2-c2ccc(C(C)(C)C)cc21.